The lowest BCUT2D eigenvalue weighted by molar-refractivity contribution is -0.384. The largest absolute Gasteiger partial charge is 0.387 e. The van der Waals surface area contributed by atoms with Crippen LogP contribution in [0.25, 0.3) is 0 Å². The van der Waals surface area contributed by atoms with Crippen molar-refractivity contribution in [3.63, 3.8) is 0 Å². The van der Waals surface area contributed by atoms with Crippen molar-refractivity contribution >= 4 is 21.4 Å². The number of sulfonamides is 1. The molecule has 1 atom stereocenters. The second-order valence-electron chi connectivity index (χ2n) is 4.79. The Morgan fingerprint density at radius 3 is 2.65 bits per heavy atom. The number of hydrogen-bond acceptors (Lipinski definition) is 5. The third-order valence-corrected chi connectivity index (χ3v) is 5.59. The summed E-state index contributed by atoms with van der Waals surface area (Å²) in [5.41, 5.74) is 0.112. The molecular formula is C12H17N3O4S. The van der Waals surface area contributed by atoms with Crippen LogP contribution in [0.2, 0.25) is 0 Å². The van der Waals surface area contributed by atoms with E-state index in [4.69, 9.17) is 0 Å². The second-order valence-corrected chi connectivity index (χ2v) is 6.65. The minimum atomic E-state index is -3.62. The SMILES string of the molecule is CNc1cc([N+](=O)[O-])ccc1S(=O)(=O)N1CCCC1C. The van der Waals surface area contributed by atoms with Gasteiger partial charge >= 0.3 is 0 Å². The minimum absolute atomic E-state index is 0.0418. The average molecular weight is 299 g/mol. The van der Waals surface area contributed by atoms with Gasteiger partial charge in [0.2, 0.25) is 10.0 Å². The van der Waals surface area contributed by atoms with E-state index < -0.39 is 14.9 Å². The summed E-state index contributed by atoms with van der Waals surface area (Å²) in [5.74, 6) is 0. The fourth-order valence-corrected chi connectivity index (χ4v) is 4.32. The smallest absolute Gasteiger partial charge is 0.271 e. The molecule has 1 aromatic carbocycles. The van der Waals surface area contributed by atoms with Gasteiger partial charge in [0, 0.05) is 31.8 Å². The molecule has 0 radical (unpaired) electrons. The van der Waals surface area contributed by atoms with E-state index in [1.54, 1.807) is 7.05 Å². The summed E-state index contributed by atoms with van der Waals surface area (Å²) in [7, 11) is -2.08. The summed E-state index contributed by atoms with van der Waals surface area (Å²) >= 11 is 0. The van der Waals surface area contributed by atoms with Gasteiger partial charge in [-0.1, -0.05) is 0 Å². The van der Waals surface area contributed by atoms with Crippen LogP contribution < -0.4 is 5.32 Å². The van der Waals surface area contributed by atoms with Crippen molar-refractivity contribution in [1.29, 1.82) is 0 Å². The van der Waals surface area contributed by atoms with Gasteiger partial charge in [0.1, 0.15) is 4.90 Å². The van der Waals surface area contributed by atoms with Crippen molar-refractivity contribution in [2.45, 2.75) is 30.7 Å². The molecule has 0 amide bonds. The zero-order chi connectivity index (χ0) is 14.9. The van der Waals surface area contributed by atoms with Crippen molar-refractivity contribution in [1.82, 2.24) is 4.31 Å². The molecule has 1 aromatic rings. The standard InChI is InChI=1S/C12H17N3O4S/c1-9-4-3-7-14(9)20(18,19)12-6-5-10(15(16)17)8-11(12)13-2/h5-6,8-9,13H,3-4,7H2,1-2H3. The van der Waals surface area contributed by atoms with E-state index in [-0.39, 0.29) is 22.3 Å². The number of non-ortho nitro benzene ring substituents is 1. The Bertz CT molecular complexity index is 630. The highest BCUT2D eigenvalue weighted by Gasteiger charge is 2.34. The molecule has 0 bridgehead atoms. The first-order valence-electron chi connectivity index (χ1n) is 6.36. The normalized spacial score (nSPS) is 20.0. The maximum atomic E-state index is 12.6. The van der Waals surface area contributed by atoms with Gasteiger partial charge in [-0.3, -0.25) is 10.1 Å². The van der Waals surface area contributed by atoms with E-state index in [9.17, 15) is 18.5 Å². The highest BCUT2D eigenvalue weighted by molar-refractivity contribution is 7.89. The van der Waals surface area contributed by atoms with Crippen LogP contribution in [0.3, 0.4) is 0 Å². The van der Waals surface area contributed by atoms with E-state index in [0.29, 0.717) is 6.54 Å². The quantitative estimate of drug-likeness (QED) is 0.676. The fraction of sp³-hybridized carbons (Fsp3) is 0.500. The lowest BCUT2D eigenvalue weighted by atomic mass is 10.3. The van der Waals surface area contributed by atoms with E-state index >= 15 is 0 Å². The van der Waals surface area contributed by atoms with Crippen LogP contribution in [0.15, 0.2) is 23.1 Å². The van der Waals surface area contributed by atoms with E-state index in [2.05, 4.69) is 5.32 Å². The van der Waals surface area contributed by atoms with Gasteiger partial charge in [-0.25, -0.2) is 8.42 Å². The Kier molecular flexibility index (Phi) is 3.96. The van der Waals surface area contributed by atoms with E-state index in [1.807, 2.05) is 6.92 Å². The maximum absolute atomic E-state index is 12.6. The predicted octanol–water partition coefficient (Wildman–Crippen LogP) is 1.81. The molecule has 0 spiro atoms. The number of rotatable bonds is 4. The summed E-state index contributed by atoms with van der Waals surface area (Å²) in [6.45, 7) is 2.36. The van der Waals surface area contributed by atoms with Crippen LogP contribution >= 0.6 is 0 Å². The Hall–Kier alpha value is -1.67. The first-order valence-corrected chi connectivity index (χ1v) is 7.80. The summed E-state index contributed by atoms with van der Waals surface area (Å²) < 4.78 is 26.7. The van der Waals surface area contributed by atoms with Crippen LogP contribution in [-0.2, 0) is 10.0 Å². The Morgan fingerprint density at radius 1 is 1.45 bits per heavy atom. The van der Waals surface area contributed by atoms with Gasteiger partial charge < -0.3 is 5.32 Å². The van der Waals surface area contributed by atoms with Gasteiger partial charge in [0.15, 0.2) is 0 Å². The Morgan fingerprint density at radius 2 is 2.15 bits per heavy atom. The number of nitro benzene ring substituents is 1. The molecule has 1 N–H and O–H groups in total. The van der Waals surface area contributed by atoms with E-state index in [0.717, 1.165) is 12.8 Å². The second kappa shape index (κ2) is 5.37. The summed E-state index contributed by atoms with van der Waals surface area (Å²) in [6.07, 6.45) is 1.67. The zero-order valence-corrected chi connectivity index (χ0v) is 12.2. The molecule has 2 rings (SSSR count). The van der Waals surface area contributed by atoms with Crippen molar-refractivity contribution in [2.24, 2.45) is 0 Å². The highest BCUT2D eigenvalue weighted by Crippen LogP contribution is 2.32. The van der Waals surface area contributed by atoms with E-state index in [1.165, 1.54) is 22.5 Å². The monoisotopic (exact) mass is 299 g/mol. The molecule has 20 heavy (non-hydrogen) atoms. The van der Waals surface area contributed by atoms with Gasteiger partial charge in [-0.2, -0.15) is 4.31 Å². The molecule has 1 unspecified atom stereocenters. The first-order chi connectivity index (χ1) is 9.37. The molecule has 1 aliphatic rings. The molecule has 1 fully saturated rings. The van der Waals surface area contributed by atoms with Crippen LogP contribution in [0, 0.1) is 10.1 Å². The first kappa shape index (κ1) is 14.7. The van der Waals surface area contributed by atoms with Crippen molar-refractivity contribution in [3.05, 3.63) is 28.3 Å². The van der Waals surface area contributed by atoms with Gasteiger partial charge in [0.25, 0.3) is 5.69 Å². The van der Waals surface area contributed by atoms with Crippen molar-refractivity contribution in [2.75, 3.05) is 18.9 Å². The molecule has 1 aliphatic heterocycles. The highest BCUT2D eigenvalue weighted by atomic mass is 32.2. The number of nitrogens with zero attached hydrogens (tertiary/aromatic N) is 2. The number of hydrogen-bond donors (Lipinski definition) is 1. The van der Waals surface area contributed by atoms with Crippen LogP contribution in [0.5, 0.6) is 0 Å². The van der Waals surface area contributed by atoms with Crippen LogP contribution in [-0.4, -0.2) is 37.3 Å². The molecule has 1 heterocycles. The lowest BCUT2D eigenvalue weighted by Crippen LogP contribution is -2.34. The topological polar surface area (TPSA) is 92.5 Å². The molecule has 7 nitrogen and oxygen atoms in total. The van der Waals surface area contributed by atoms with Crippen LogP contribution in [0.1, 0.15) is 19.8 Å². The minimum Gasteiger partial charge on any atom is -0.387 e. The zero-order valence-electron chi connectivity index (χ0n) is 11.4. The number of nitro groups is 1. The lowest BCUT2D eigenvalue weighted by Gasteiger charge is -2.22. The summed E-state index contributed by atoms with van der Waals surface area (Å²) in [4.78, 5) is 10.3. The third-order valence-electron chi connectivity index (χ3n) is 3.52. The molecule has 0 saturated carbocycles. The van der Waals surface area contributed by atoms with Crippen LogP contribution in [0.4, 0.5) is 11.4 Å². The Balaban J connectivity index is 2.49. The van der Waals surface area contributed by atoms with Crippen molar-refractivity contribution in [3.8, 4) is 0 Å². The molecule has 110 valence electrons. The van der Waals surface area contributed by atoms with Gasteiger partial charge in [0.05, 0.1) is 10.6 Å². The number of nitrogens with one attached hydrogen (secondary N) is 1. The molecule has 0 aliphatic carbocycles. The third kappa shape index (κ3) is 2.48. The summed E-state index contributed by atoms with van der Waals surface area (Å²) in [6, 6.07) is 3.71. The van der Waals surface area contributed by atoms with Crippen molar-refractivity contribution < 1.29 is 13.3 Å². The van der Waals surface area contributed by atoms with Gasteiger partial charge in [-0.05, 0) is 25.8 Å². The Labute approximate surface area is 117 Å². The average Bonchev–Trinajstić information content (AvgIpc) is 2.84. The fourth-order valence-electron chi connectivity index (χ4n) is 2.44. The molecule has 0 aromatic heterocycles. The molecule has 1 saturated heterocycles. The number of benzene rings is 1. The molecular weight excluding hydrogens is 282 g/mol. The molecule has 8 heteroatoms. The maximum Gasteiger partial charge on any atom is 0.271 e. The predicted molar refractivity (Wildman–Crippen MR) is 75.2 cm³/mol. The number of anilines is 1. The van der Waals surface area contributed by atoms with Gasteiger partial charge in [-0.15, -0.1) is 0 Å². The summed E-state index contributed by atoms with van der Waals surface area (Å²) in [5, 5.41) is 13.5.